The van der Waals surface area contributed by atoms with Gasteiger partial charge < -0.3 is 10.6 Å². The summed E-state index contributed by atoms with van der Waals surface area (Å²) in [4.78, 5) is 16.3. The predicted octanol–water partition coefficient (Wildman–Crippen LogP) is 3.05. The van der Waals surface area contributed by atoms with Crippen LogP contribution in [0.2, 0.25) is 0 Å². The first kappa shape index (κ1) is 15.0. The van der Waals surface area contributed by atoms with Crippen LogP contribution in [0, 0.1) is 0 Å². The lowest BCUT2D eigenvalue weighted by molar-refractivity contribution is 0.0946. The van der Waals surface area contributed by atoms with E-state index in [9.17, 15) is 4.79 Å². The third kappa shape index (κ3) is 4.31. The van der Waals surface area contributed by atoms with Gasteiger partial charge in [-0.15, -0.1) is 0 Å². The maximum Gasteiger partial charge on any atom is 0.269 e. The zero-order valence-electron chi connectivity index (χ0n) is 12.5. The molecule has 1 aromatic heterocycles. The van der Waals surface area contributed by atoms with Crippen molar-refractivity contribution in [1.29, 1.82) is 0 Å². The molecule has 1 amide bonds. The van der Waals surface area contributed by atoms with Crippen molar-refractivity contribution in [1.82, 2.24) is 10.3 Å². The van der Waals surface area contributed by atoms with Crippen molar-refractivity contribution in [3.63, 3.8) is 0 Å². The van der Waals surface area contributed by atoms with Crippen LogP contribution in [-0.4, -0.2) is 24.0 Å². The van der Waals surface area contributed by atoms with Crippen molar-refractivity contribution in [2.24, 2.45) is 0 Å². The van der Waals surface area contributed by atoms with Crippen LogP contribution >= 0.6 is 0 Å². The Bertz CT molecular complexity index is 584. The van der Waals surface area contributed by atoms with Gasteiger partial charge in [0, 0.05) is 25.0 Å². The average Bonchev–Trinajstić information content (AvgIpc) is 2.53. The molecule has 1 unspecified atom stereocenters. The Morgan fingerprint density at radius 3 is 2.71 bits per heavy atom. The molecule has 0 saturated heterocycles. The monoisotopic (exact) mass is 283 g/mol. The highest BCUT2D eigenvalue weighted by molar-refractivity contribution is 5.93. The van der Waals surface area contributed by atoms with E-state index < -0.39 is 0 Å². The summed E-state index contributed by atoms with van der Waals surface area (Å²) in [5, 5.41) is 6.11. The number of anilines is 1. The summed E-state index contributed by atoms with van der Waals surface area (Å²) in [5.41, 5.74) is 2.56. The Balaban J connectivity index is 1.94. The number of amides is 1. The number of nitrogens with zero attached hydrogens (tertiary/aromatic N) is 1. The van der Waals surface area contributed by atoms with Gasteiger partial charge in [-0.1, -0.05) is 37.3 Å². The van der Waals surface area contributed by atoms with Gasteiger partial charge in [0.25, 0.3) is 5.91 Å². The quantitative estimate of drug-likeness (QED) is 0.856. The highest BCUT2D eigenvalue weighted by Crippen LogP contribution is 2.13. The van der Waals surface area contributed by atoms with Gasteiger partial charge >= 0.3 is 0 Å². The number of nitrogens with one attached hydrogen (secondary N) is 2. The number of hydrogen-bond acceptors (Lipinski definition) is 3. The van der Waals surface area contributed by atoms with Gasteiger partial charge in [-0.2, -0.15) is 0 Å². The van der Waals surface area contributed by atoms with Crippen molar-refractivity contribution in [3.05, 3.63) is 59.9 Å². The molecule has 2 aromatic rings. The fourth-order valence-corrected chi connectivity index (χ4v) is 2.10. The van der Waals surface area contributed by atoms with Gasteiger partial charge in [-0.05, 0) is 30.5 Å². The zero-order valence-corrected chi connectivity index (χ0v) is 12.5. The molecule has 0 saturated carbocycles. The molecule has 4 heteroatoms. The largest absolute Gasteiger partial charge is 0.385 e. The van der Waals surface area contributed by atoms with E-state index in [-0.39, 0.29) is 11.8 Å². The molecular formula is C17H21N3O. The molecule has 0 aliphatic heterocycles. The number of aromatic nitrogens is 1. The van der Waals surface area contributed by atoms with Crippen molar-refractivity contribution in [3.8, 4) is 0 Å². The maximum atomic E-state index is 12.1. The van der Waals surface area contributed by atoms with E-state index in [1.54, 1.807) is 12.3 Å². The summed E-state index contributed by atoms with van der Waals surface area (Å²) in [7, 11) is 0. The van der Waals surface area contributed by atoms with Crippen molar-refractivity contribution in [2.45, 2.75) is 19.8 Å². The molecule has 110 valence electrons. The molecule has 0 spiro atoms. The topological polar surface area (TPSA) is 54.0 Å². The van der Waals surface area contributed by atoms with Crippen LogP contribution < -0.4 is 10.6 Å². The molecule has 0 aliphatic carbocycles. The van der Waals surface area contributed by atoms with Crippen LogP contribution in [0.4, 0.5) is 5.69 Å². The van der Waals surface area contributed by atoms with Crippen LogP contribution in [0.5, 0.6) is 0 Å². The van der Waals surface area contributed by atoms with Gasteiger partial charge in [-0.25, -0.2) is 0 Å². The second kappa shape index (κ2) is 7.43. The molecule has 0 aliphatic rings. The first-order valence-corrected chi connectivity index (χ1v) is 7.23. The summed E-state index contributed by atoms with van der Waals surface area (Å²) in [5.74, 6) is 0.129. The second-order valence-electron chi connectivity index (χ2n) is 4.98. The molecule has 0 fully saturated rings. The SMILES string of the molecule is CCNc1ccnc(C(=O)NCC(C)c2ccccc2)c1. The lowest BCUT2D eigenvalue weighted by Gasteiger charge is -2.13. The van der Waals surface area contributed by atoms with Crippen LogP contribution in [0.3, 0.4) is 0 Å². The Morgan fingerprint density at radius 2 is 2.00 bits per heavy atom. The van der Waals surface area contributed by atoms with Crippen molar-refractivity contribution < 1.29 is 4.79 Å². The van der Waals surface area contributed by atoms with Crippen LogP contribution in [-0.2, 0) is 0 Å². The number of carbonyl (C=O) groups excluding carboxylic acids is 1. The Morgan fingerprint density at radius 1 is 1.24 bits per heavy atom. The first-order chi connectivity index (χ1) is 10.2. The van der Waals surface area contributed by atoms with Gasteiger partial charge in [0.05, 0.1) is 0 Å². The minimum absolute atomic E-state index is 0.141. The summed E-state index contributed by atoms with van der Waals surface area (Å²) in [6.07, 6.45) is 1.65. The molecule has 21 heavy (non-hydrogen) atoms. The predicted molar refractivity (Wildman–Crippen MR) is 85.6 cm³/mol. The zero-order chi connectivity index (χ0) is 15.1. The minimum atomic E-state index is -0.141. The molecule has 2 rings (SSSR count). The van der Waals surface area contributed by atoms with Crippen molar-refractivity contribution in [2.75, 3.05) is 18.4 Å². The molecule has 0 radical (unpaired) electrons. The van der Waals surface area contributed by atoms with Crippen LogP contribution in [0.1, 0.15) is 35.8 Å². The second-order valence-corrected chi connectivity index (χ2v) is 4.98. The van der Waals surface area contributed by atoms with E-state index in [2.05, 4.69) is 34.7 Å². The summed E-state index contributed by atoms with van der Waals surface area (Å²) >= 11 is 0. The molecule has 0 bridgehead atoms. The average molecular weight is 283 g/mol. The van der Waals surface area contributed by atoms with Crippen molar-refractivity contribution >= 4 is 11.6 Å². The van der Waals surface area contributed by atoms with Gasteiger partial charge in [0.15, 0.2) is 0 Å². The van der Waals surface area contributed by atoms with E-state index >= 15 is 0 Å². The lowest BCUT2D eigenvalue weighted by atomic mass is 10.0. The maximum absolute atomic E-state index is 12.1. The van der Waals surface area contributed by atoms with E-state index in [0.29, 0.717) is 12.2 Å². The normalized spacial score (nSPS) is 11.7. The fourth-order valence-electron chi connectivity index (χ4n) is 2.10. The van der Waals surface area contributed by atoms with Crippen LogP contribution in [0.25, 0.3) is 0 Å². The third-order valence-corrected chi connectivity index (χ3v) is 3.31. The van der Waals surface area contributed by atoms with E-state index in [1.807, 2.05) is 31.2 Å². The van der Waals surface area contributed by atoms with Gasteiger partial charge in [0.2, 0.25) is 0 Å². The molecule has 1 atom stereocenters. The number of benzene rings is 1. The van der Waals surface area contributed by atoms with Crippen LogP contribution in [0.15, 0.2) is 48.7 Å². The number of hydrogen-bond donors (Lipinski definition) is 2. The Kier molecular flexibility index (Phi) is 5.32. The smallest absolute Gasteiger partial charge is 0.269 e. The molecule has 1 heterocycles. The molecule has 2 N–H and O–H groups in total. The highest BCUT2D eigenvalue weighted by Gasteiger charge is 2.10. The first-order valence-electron chi connectivity index (χ1n) is 7.23. The minimum Gasteiger partial charge on any atom is -0.385 e. The summed E-state index contributed by atoms with van der Waals surface area (Å²) < 4.78 is 0. The van der Waals surface area contributed by atoms with E-state index in [4.69, 9.17) is 0 Å². The van der Waals surface area contributed by atoms with E-state index in [1.165, 1.54) is 5.56 Å². The summed E-state index contributed by atoms with van der Waals surface area (Å²) in [6, 6.07) is 13.8. The third-order valence-electron chi connectivity index (χ3n) is 3.31. The molecular weight excluding hydrogens is 262 g/mol. The molecule has 4 nitrogen and oxygen atoms in total. The number of rotatable bonds is 6. The fraction of sp³-hybridized carbons (Fsp3) is 0.294. The van der Waals surface area contributed by atoms with Gasteiger partial charge in [-0.3, -0.25) is 9.78 Å². The molecule has 1 aromatic carbocycles. The number of carbonyl (C=O) groups is 1. The Labute approximate surface area is 125 Å². The highest BCUT2D eigenvalue weighted by atomic mass is 16.1. The summed E-state index contributed by atoms with van der Waals surface area (Å²) in [6.45, 7) is 5.52. The Hall–Kier alpha value is -2.36. The lowest BCUT2D eigenvalue weighted by Crippen LogP contribution is -2.28. The van der Waals surface area contributed by atoms with Gasteiger partial charge in [0.1, 0.15) is 5.69 Å². The van der Waals surface area contributed by atoms with E-state index in [0.717, 1.165) is 12.2 Å². The number of pyridine rings is 1. The standard InChI is InChI=1S/C17H21N3O/c1-3-18-15-9-10-19-16(11-15)17(21)20-12-13(2)14-7-5-4-6-8-14/h4-11,13H,3,12H2,1-2H3,(H,18,19)(H,20,21).